The Labute approximate surface area is 141 Å². The summed E-state index contributed by atoms with van der Waals surface area (Å²) in [7, 11) is 4.03. The van der Waals surface area contributed by atoms with E-state index in [4.69, 9.17) is 4.74 Å². The Hall–Kier alpha value is -1.51. The zero-order valence-electron chi connectivity index (χ0n) is 12.8. The van der Waals surface area contributed by atoms with Crippen LogP contribution in [0.4, 0.5) is 10.3 Å². The first-order chi connectivity index (χ1) is 11.0. The van der Waals surface area contributed by atoms with Crippen LogP contribution in [0, 0.1) is 5.82 Å². The van der Waals surface area contributed by atoms with Gasteiger partial charge in [-0.05, 0) is 35.6 Å². The minimum atomic E-state index is -0.479. The summed E-state index contributed by atoms with van der Waals surface area (Å²) < 4.78 is 20.4. The smallest absolute Gasteiger partial charge is 0.229 e. The quantitative estimate of drug-likeness (QED) is 0.857. The van der Waals surface area contributed by atoms with Crippen molar-refractivity contribution in [2.24, 2.45) is 0 Å². The molecule has 1 saturated heterocycles. The van der Waals surface area contributed by atoms with Gasteiger partial charge in [-0.2, -0.15) is 4.98 Å². The SMILES string of the molecule is CN(C)C1CN(c2nc(O)c3c4c(c(Br)c(F)c3n2)COC4)C1. The number of fused-ring (bicyclic) bond motifs is 3. The van der Waals surface area contributed by atoms with E-state index in [-0.39, 0.29) is 11.4 Å². The summed E-state index contributed by atoms with van der Waals surface area (Å²) in [5, 5.41) is 10.7. The van der Waals surface area contributed by atoms with Gasteiger partial charge in [0.2, 0.25) is 11.8 Å². The van der Waals surface area contributed by atoms with Gasteiger partial charge in [0.05, 0.1) is 23.1 Å². The van der Waals surface area contributed by atoms with Gasteiger partial charge in [0.15, 0.2) is 5.82 Å². The highest BCUT2D eigenvalue weighted by Gasteiger charge is 2.32. The maximum atomic E-state index is 14.7. The molecule has 0 radical (unpaired) electrons. The molecule has 0 aliphatic carbocycles. The van der Waals surface area contributed by atoms with Gasteiger partial charge in [0.25, 0.3) is 0 Å². The molecule has 23 heavy (non-hydrogen) atoms. The van der Waals surface area contributed by atoms with Crippen LogP contribution in [0.5, 0.6) is 5.88 Å². The predicted molar refractivity (Wildman–Crippen MR) is 87.0 cm³/mol. The summed E-state index contributed by atoms with van der Waals surface area (Å²) in [6.07, 6.45) is 0. The first-order valence-electron chi connectivity index (χ1n) is 7.36. The lowest BCUT2D eigenvalue weighted by molar-refractivity contribution is 0.134. The minimum Gasteiger partial charge on any atom is -0.493 e. The normalized spacial score (nSPS) is 17.9. The second kappa shape index (κ2) is 5.25. The largest absolute Gasteiger partial charge is 0.493 e. The van der Waals surface area contributed by atoms with E-state index in [0.29, 0.717) is 35.1 Å². The van der Waals surface area contributed by atoms with Crippen LogP contribution >= 0.6 is 15.9 Å². The van der Waals surface area contributed by atoms with E-state index >= 15 is 0 Å². The van der Waals surface area contributed by atoms with Crippen LogP contribution in [-0.4, -0.2) is 53.2 Å². The van der Waals surface area contributed by atoms with Gasteiger partial charge in [-0.3, -0.25) is 0 Å². The van der Waals surface area contributed by atoms with Gasteiger partial charge in [-0.15, -0.1) is 0 Å². The molecule has 0 amide bonds. The maximum Gasteiger partial charge on any atom is 0.229 e. The molecule has 0 atom stereocenters. The Bertz CT molecular complexity index is 808. The number of rotatable bonds is 2. The zero-order chi connectivity index (χ0) is 16.3. The molecule has 2 aromatic rings. The summed E-state index contributed by atoms with van der Waals surface area (Å²) in [6.45, 7) is 2.16. The number of aromatic nitrogens is 2. The molecular formula is C15H16BrFN4O2. The average Bonchev–Trinajstić information content (AvgIpc) is 2.91. The Morgan fingerprint density at radius 3 is 2.65 bits per heavy atom. The van der Waals surface area contributed by atoms with Gasteiger partial charge < -0.3 is 19.6 Å². The van der Waals surface area contributed by atoms with Crippen LogP contribution in [0.15, 0.2) is 4.47 Å². The monoisotopic (exact) mass is 382 g/mol. The topological polar surface area (TPSA) is 61.7 Å². The van der Waals surface area contributed by atoms with E-state index in [1.165, 1.54) is 0 Å². The molecule has 2 aliphatic heterocycles. The van der Waals surface area contributed by atoms with Gasteiger partial charge >= 0.3 is 0 Å². The lowest BCUT2D eigenvalue weighted by atomic mass is 10.0. The number of anilines is 1. The molecule has 4 rings (SSSR count). The van der Waals surface area contributed by atoms with E-state index in [2.05, 4.69) is 30.8 Å². The van der Waals surface area contributed by atoms with E-state index in [1.54, 1.807) is 0 Å². The van der Waals surface area contributed by atoms with Crippen molar-refractivity contribution in [3.05, 3.63) is 21.4 Å². The predicted octanol–water partition coefficient (Wildman–Crippen LogP) is 2.02. The summed E-state index contributed by atoms with van der Waals surface area (Å²) in [5.74, 6) is -0.308. The van der Waals surface area contributed by atoms with Gasteiger partial charge in [-0.25, -0.2) is 9.37 Å². The number of nitrogens with zero attached hydrogens (tertiary/aromatic N) is 4. The van der Waals surface area contributed by atoms with Crippen LogP contribution in [0.1, 0.15) is 11.1 Å². The summed E-state index contributed by atoms with van der Waals surface area (Å²) in [5.41, 5.74) is 1.61. The lowest BCUT2D eigenvalue weighted by Gasteiger charge is -2.42. The highest BCUT2D eigenvalue weighted by molar-refractivity contribution is 9.10. The third kappa shape index (κ3) is 2.20. The molecule has 1 fully saturated rings. The Kier molecular flexibility index (Phi) is 3.44. The molecule has 6 nitrogen and oxygen atoms in total. The highest BCUT2D eigenvalue weighted by atomic mass is 79.9. The standard InChI is InChI=1S/C15H16BrFN4O2/c1-20(2)7-3-21(4-7)15-18-13-10(14(22)19-15)8-5-23-6-9(8)11(16)12(13)17/h7H,3-6H2,1-2H3,(H,18,19,22). The zero-order valence-corrected chi connectivity index (χ0v) is 14.4. The molecule has 1 N–H and O–H groups in total. The highest BCUT2D eigenvalue weighted by Crippen LogP contribution is 2.40. The molecule has 1 aromatic heterocycles. The fourth-order valence-electron chi connectivity index (χ4n) is 3.05. The second-order valence-electron chi connectivity index (χ2n) is 6.17. The molecule has 0 bridgehead atoms. The van der Waals surface area contributed by atoms with Gasteiger partial charge in [0.1, 0.15) is 5.52 Å². The van der Waals surface area contributed by atoms with Crippen LogP contribution in [0.3, 0.4) is 0 Å². The first-order valence-corrected chi connectivity index (χ1v) is 8.15. The molecular weight excluding hydrogens is 367 g/mol. The Morgan fingerprint density at radius 2 is 1.96 bits per heavy atom. The van der Waals surface area contributed by atoms with E-state index < -0.39 is 5.82 Å². The third-order valence-electron chi connectivity index (χ3n) is 4.58. The minimum absolute atomic E-state index is 0.136. The average molecular weight is 383 g/mol. The number of hydrogen-bond acceptors (Lipinski definition) is 6. The number of likely N-dealkylation sites (N-methyl/N-ethyl adjacent to an activating group) is 1. The summed E-state index contributed by atoms with van der Waals surface area (Å²) in [4.78, 5) is 12.6. The van der Waals surface area contributed by atoms with Crippen molar-refractivity contribution in [1.29, 1.82) is 0 Å². The van der Waals surface area contributed by atoms with Crippen LogP contribution in [0.2, 0.25) is 0 Å². The van der Waals surface area contributed by atoms with Crippen LogP contribution in [-0.2, 0) is 18.0 Å². The van der Waals surface area contributed by atoms with E-state index in [9.17, 15) is 9.50 Å². The van der Waals surface area contributed by atoms with Crippen LogP contribution < -0.4 is 4.90 Å². The van der Waals surface area contributed by atoms with Crippen molar-refractivity contribution in [1.82, 2.24) is 14.9 Å². The van der Waals surface area contributed by atoms with Crippen molar-refractivity contribution in [2.75, 3.05) is 32.1 Å². The molecule has 3 heterocycles. The van der Waals surface area contributed by atoms with Crippen molar-refractivity contribution < 1.29 is 14.2 Å². The third-order valence-corrected chi connectivity index (χ3v) is 5.40. The van der Waals surface area contributed by atoms with Crippen molar-refractivity contribution in [2.45, 2.75) is 19.3 Å². The molecule has 122 valence electrons. The van der Waals surface area contributed by atoms with Crippen LogP contribution in [0.25, 0.3) is 10.9 Å². The van der Waals surface area contributed by atoms with Gasteiger partial charge in [-0.1, -0.05) is 0 Å². The van der Waals surface area contributed by atoms with Crippen molar-refractivity contribution in [3.8, 4) is 5.88 Å². The summed E-state index contributed by atoms with van der Waals surface area (Å²) in [6, 6.07) is 0.418. The fraction of sp³-hybridized carbons (Fsp3) is 0.467. The number of halogens is 2. The molecule has 1 aromatic carbocycles. The first kappa shape index (κ1) is 15.0. The summed E-state index contributed by atoms with van der Waals surface area (Å²) >= 11 is 3.28. The number of aromatic hydroxyl groups is 1. The molecule has 2 aliphatic rings. The number of hydrogen-bond donors (Lipinski definition) is 1. The van der Waals surface area contributed by atoms with Gasteiger partial charge in [0, 0.05) is 24.7 Å². The maximum absolute atomic E-state index is 14.7. The molecule has 0 spiro atoms. The fourth-order valence-corrected chi connectivity index (χ4v) is 3.59. The molecule has 0 unspecified atom stereocenters. The van der Waals surface area contributed by atoms with E-state index in [1.807, 2.05) is 19.0 Å². The van der Waals surface area contributed by atoms with E-state index in [0.717, 1.165) is 24.2 Å². The Morgan fingerprint density at radius 1 is 1.26 bits per heavy atom. The Balaban J connectivity index is 1.83. The number of benzene rings is 1. The number of ether oxygens (including phenoxy) is 1. The van der Waals surface area contributed by atoms with Crippen molar-refractivity contribution in [3.63, 3.8) is 0 Å². The lowest BCUT2D eigenvalue weighted by Crippen LogP contribution is -2.58. The van der Waals surface area contributed by atoms with Crippen molar-refractivity contribution >= 4 is 32.8 Å². The molecule has 0 saturated carbocycles. The molecule has 8 heteroatoms. The second-order valence-corrected chi connectivity index (χ2v) is 6.96.